The molecule has 2 rings (SSSR count). The van der Waals surface area contributed by atoms with Crippen LogP contribution in [0.5, 0.6) is 0 Å². The minimum absolute atomic E-state index is 0. The Kier molecular flexibility index (Phi) is 11.6. The van der Waals surface area contributed by atoms with Crippen LogP contribution in [0.2, 0.25) is 5.02 Å². The number of likely N-dealkylation sites (N-methyl/N-ethyl adjacent to an activating group) is 1. The number of hydrogen-bond donors (Lipinski definition) is 3. The zero-order chi connectivity index (χ0) is 20.4. The number of guanidine groups is 1. The van der Waals surface area contributed by atoms with Crippen molar-refractivity contribution in [2.75, 3.05) is 34.2 Å². The summed E-state index contributed by atoms with van der Waals surface area (Å²) in [6, 6.07) is 15.3. The van der Waals surface area contributed by atoms with Crippen molar-refractivity contribution in [3.8, 4) is 0 Å². The summed E-state index contributed by atoms with van der Waals surface area (Å²) in [7, 11) is 5.68. The van der Waals surface area contributed by atoms with E-state index in [0.29, 0.717) is 36.2 Å². The number of carbonyl (C=O) groups excluding carboxylic acids is 1. The predicted octanol–water partition coefficient (Wildman–Crippen LogP) is 3.11. The van der Waals surface area contributed by atoms with Crippen molar-refractivity contribution in [3.05, 3.63) is 70.2 Å². The molecule has 0 unspecified atom stereocenters. The lowest BCUT2D eigenvalue weighted by Gasteiger charge is -2.13. The molecule has 0 saturated carbocycles. The number of benzene rings is 2. The second-order valence-electron chi connectivity index (χ2n) is 6.67. The smallest absolute Gasteiger partial charge is 0.251 e. The van der Waals surface area contributed by atoms with Crippen LogP contribution in [0, 0.1) is 0 Å². The third-order valence-corrected chi connectivity index (χ3v) is 4.30. The molecule has 0 aliphatic carbocycles. The topological polar surface area (TPSA) is 68.8 Å². The van der Waals surface area contributed by atoms with Gasteiger partial charge in [0.2, 0.25) is 0 Å². The van der Waals surface area contributed by atoms with Crippen molar-refractivity contribution >= 4 is 47.4 Å². The lowest BCUT2D eigenvalue weighted by atomic mass is 10.1. The maximum Gasteiger partial charge on any atom is 0.251 e. The summed E-state index contributed by atoms with van der Waals surface area (Å²) < 4.78 is 0. The Labute approximate surface area is 195 Å². The molecule has 6 nitrogen and oxygen atoms in total. The molecule has 8 heteroatoms. The summed E-state index contributed by atoms with van der Waals surface area (Å²) >= 11 is 6.01. The minimum atomic E-state index is -0.0628. The Balaban J connectivity index is 0.00000420. The van der Waals surface area contributed by atoms with Crippen molar-refractivity contribution in [1.29, 1.82) is 0 Å². The third kappa shape index (κ3) is 9.47. The number of nitrogens with one attached hydrogen (secondary N) is 3. The van der Waals surface area contributed by atoms with Gasteiger partial charge in [-0.1, -0.05) is 35.9 Å². The van der Waals surface area contributed by atoms with E-state index in [1.165, 1.54) is 0 Å². The molecule has 0 atom stereocenters. The molecule has 2 aromatic rings. The normalized spacial score (nSPS) is 11.0. The molecule has 29 heavy (non-hydrogen) atoms. The van der Waals surface area contributed by atoms with Crippen LogP contribution in [-0.4, -0.2) is 51.0 Å². The molecule has 0 saturated heterocycles. The van der Waals surface area contributed by atoms with E-state index < -0.39 is 0 Å². The Morgan fingerprint density at radius 2 is 1.62 bits per heavy atom. The monoisotopic (exact) mass is 529 g/mol. The number of rotatable bonds is 8. The first-order valence-electron chi connectivity index (χ1n) is 9.19. The first kappa shape index (κ1) is 25.2. The van der Waals surface area contributed by atoms with Crippen molar-refractivity contribution in [3.63, 3.8) is 0 Å². The fourth-order valence-electron chi connectivity index (χ4n) is 2.56. The van der Waals surface area contributed by atoms with Gasteiger partial charge in [0.1, 0.15) is 0 Å². The summed E-state index contributed by atoms with van der Waals surface area (Å²) in [5.74, 6) is 0.618. The molecule has 0 bridgehead atoms. The number of amides is 1. The van der Waals surface area contributed by atoms with E-state index in [0.717, 1.165) is 17.7 Å². The van der Waals surface area contributed by atoms with E-state index in [-0.39, 0.29) is 29.9 Å². The zero-order valence-corrected chi connectivity index (χ0v) is 20.1. The van der Waals surface area contributed by atoms with Crippen LogP contribution in [-0.2, 0) is 13.1 Å². The van der Waals surface area contributed by atoms with Crippen LogP contribution in [0.4, 0.5) is 0 Å². The molecule has 158 valence electrons. The maximum absolute atomic E-state index is 12.3. The minimum Gasteiger partial charge on any atom is -0.352 e. The highest BCUT2D eigenvalue weighted by molar-refractivity contribution is 14.0. The van der Waals surface area contributed by atoms with Crippen molar-refractivity contribution in [2.24, 2.45) is 4.99 Å². The number of carbonyl (C=O) groups is 1. The molecule has 0 heterocycles. The van der Waals surface area contributed by atoms with E-state index in [9.17, 15) is 4.79 Å². The number of aliphatic imine (C=N–C) groups is 1. The Bertz CT molecular complexity index is 813. The van der Waals surface area contributed by atoms with Gasteiger partial charge in [0.05, 0.1) is 0 Å². The Morgan fingerprint density at radius 1 is 1.00 bits per heavy atom. The van der Waals surface area contributed by atoms with Gasteiger partial charge in [-0.05, 0) is 49.5 Å². The largest absolute Gasteiger partial charge is 0.352 e. The molecule has 3 N–H and O–H groups in total. The molecule has 1 amide bonds. The van der Waals surface area contributed by atoms with E-state index in [1.54, 1.807) is 7.05 Å². The highest BCUT2D eigenvalue weighted by Crippen LogP contribution is 2.10. The molecule has 0 spiro atoms. The standard InChI is InChI=1S/C21H28ClN5O.HI/c1-23-21(26-15-17-7-5-9-19(22)13-17)25-14-16-6-4-8-18(12-16)20(28)24-10-11-27(2)3;/h4-9,12-13H,10-11,14-15H2,1-3H3,(H,24,28)(H2,23,25,26);1H. The highest BCUT2D eigenvalue weighted by Gasteiger charge is 2.06. The van der Waals surface area contributed by atoms with Crippen LogP contribution < -0.4 is 16.0 Å². The van der Waals surface area contributed by atoms with Gasteiger partial charge < -0.3 is 20.9 Å². The molecule has 0 fully saturated rings. The molecule has 2 aromatic carbocycles. The second-order valence-corrected chi connectivity index (χ2v) is 7.11. The number of halogens is 2. The summed E-state index contributed by atoms with van der Waals surface area (Å²) in [5, 5.41) is 10.2. The molecular formula is C21H29ClIN5O. The highest BCUT2D eigenvalue weighted by atomic mass is 127. The van der Waals surface area contributed by atoms with Crippen LogP contribution in [0.15, 0.2) is 53.5 Å². The second kappa shape index (κ2) is 13.4. The van der Waals surface area contributed by atoms with Gasteiger partial charge in [0.25, 0.3) is 5.91 Å². The fourth-order valence-corrected chi connectivity index (χ4v) is 2.77. The van der Waals surface area contributed by atoms with Crippen LogP contribution in [0.3, 0.4) is 0 Å². The lowest BCUT2D eigenvalue weighted by molar-refractivity contribution is 0.0951. The van der Waals surface area contributed by atoms with Gasteiger partial charge in [-0.25, -0.2) is 0 Å². The van der Waals surface area contributed by atoms with Crippen LogP contribution >= 0.6 is 35.6 Å². The number of nitrogens with zero attached hydrogens (tertiary/aromatic N) is 2. The van der Waals surface area contributed by atoms with Gasteiger partial charge in [0, 0.05) is 43.8 Å². The SMILES string of the molecule is CN=C(NCc1cccc(Cl)c1)NCc1cccc(C(=O)NCCN(C)C)c1.I. The van der Waals surface area contributed by atoms with Gasteiger partial charge in [-0.15, -0.1) is 24.0 Å². The average Bonchev–Trinajstić information content (AvgIpc) is 2.68. The zero-order valence-electron chi connectivity index (χ0n) is 17.0. The van der Waals surface area contributed by atoms with Crippen molar-refractivity contribution < 1.29 is 4.79 Å². The average molecular weight is 530 g/mol. The molecule has 0 aromatic heterocycles. The summed E-state index contributed by atoms with van der Waals surface area (Å²) in [6.07, 6.45) is 0. The first-order valence-corrected chi connectivity index (χ1v) is 9.56. The van der Waals surface area contributed by atoms with E-state index in [4.69, 9.17) is 11.6 Å². The van der Waals surface area contributed by atoms with Gasteiger partial charge >= 0.3 is 0 Å². The molecular weight excluding hydrogens is 501 g/mol. The van der Waals surface area contributed by atoms with E-state index in [2.05, 4.69) is 20.9 Å². The first-order chi connectivity index (χ1) is 13.5. The molecule has 0 aliphatic rings. The van der Waals surface area contributed by atoms with Gasteiger partial charge in [-0.3, -0.25) is 9.79 Å². The molecule has 0 aliphatic heterocycles. The summed E-state index contributed by atoms with van der Waals surface area (Å²) in [6.45, 7) is 2.61. The van der Waals surface area contributed by atoms with E-state index in [1.807, 2.05) is 67.5 Å². The summed E-state index contributed by atoms with van der Waals surface area (Å²) in [5.41, 5.74) is 2.73. The Hall–Kier alpha value is -1.84. The van der Waals surface area contributed by atoms with Crippen molar-refractivity contribution in [2.45, 2.75) is 13.1 Å². The van der Waals surface area contributed by atoms with Gasteiger partial charge in [0.15, 0.2) is 5.96 Å². The molecule has 0 radical (unpaired) electrons. The van der Waals surface area contributed by atoms with E-state index >= 15 is 0 Å². The number of hydrogen-bond acceptors (Lipinski definition) is 3. The fraction of sp³-hybridized carbons (Fsp3) is 0.333. The third-order valence-electron chi connectivity index (χ3n) is 4.07. The maximum atomic E-state index is 12.3. The lowest BCUT2D eigenvalue weighted by Crippen LogP contribution is -2.36. The Morgan fingerprint density at radius 3 is 2.21 bits per heavy atom. The van der Waals surface area contributed by atoms with Gasteiger partial charge in [-0.2, -0.15) is 0 Å². The summed E-state index contributed by atoms with van der Waals surface area (Å²) in [4.78, 5) is 18.5. The van der Waals surface area contributed by atoms with Crippen LogP contribution in [0.1, 0.15) is 21.5 Å². The van der Waals surface area contributed by atoms with Crippen LogP contribution in [0.25, 0.3) is 0 Å². The quantitative estimate of drug-likeness (QED) is 0.279. The predicted molar refractivity (Wildman–Crippen MR) is 131 cm³/mol. The van der Waals surface area contributed by atoms with Crippen molar-refractivity contribution in [1.82, 2.24) is 20.9 Å².